The van der Waals surface area contributed by atoms with Gasteiger partial charge in [0, 0.05) is 20.2 Å². The molecule has 0 fully saturated rings. The Bertz CT molecular complexity index is 1170. The molecule has 1 heterocycles. The smallest absolute Gasteiger partial charge is 0.296 e. The second kappa shape index (κ2) is 10.7. The van der Waals surface area contributed by atoms with E-state index in [1.807, 2.05) is 32.0 Å². The van der Waals surface area contributed by atoms with E-state index in [-0.39, 0.29) is 18.2 Å². The topological polar surface area (TPSA) is 96.2 Å². The van der Waals surface area contributed by atoms with Gasteiger partial charge in [-0.3, -0.25) is 4.18 Å². The molecule has 0 N–H and O–H groups in total. The summed E-state index contributed by atoms with van der Waals surface area (Å²) >= 11 is 0. The molecule has 0 unspecified atom stereocenters. The van der Waals surface area contributed by atoms with Gasteiger partial charge in [0.1, 0.15) is 6.73 Å². The van der Waals surface area contributed by atoms with Crippen LogP contribution in [0.3, 0.4) is 0 Å². The van der Waals surface area contributed by atoms with Gasteiger partial charge in [-0.15, -0.1) is 5.10 Å². The minimum atomic E-state index is -3.79. The second-order valence-corrected chi connectivity index (χ2v) is 16.6. The molecule has 0 aliphatic carbocycles. The van der Waals surface area contributed by atoms with Crippen LogP contribution in [0.1, 0.15) is 16.7 Å². The Morgan fingerprint density at radius 2 is 1.73 bits per heavy atom. The fraction of sp³-hybridized carbons (Fsp3) is 0.435. The lowest BCUT2D eigenvalue weighted by molar-refractivity contribution is 0.0784. The van der Waals surface area contributed by atoms with E-state index in [0.29, 0.717) is 18.9 Å². The van der Waals surface area contributed by atoms with Crippen molar-refractivity contribution in [3.63, 3.8) is 0 Å². The first-order chi connectivity index (χ1) is 15.5. The molecule has 8 nitrogen and oxygen atoms in total. The highest BCUT2D eigenvalue weighted by Gasteiger charge is 2.16. The zero-order valence-corrected chi connectivity index (χ0v) is 21.7. The van der Waals surface area contributed by atoms with Gasteiger partial charge in [-0.25, -0.2) is 0 Å². The predicted octanol–water partition coefficient (Wildman–Crippen LogP) is 4.22. The van der Waals surface area contributed by atoms with Crippen molar-refractivity contribution in [2.45, 2.75) is 57.6 Å². The molecule has 0 spiro atoms. The number of rotatable bonds is 11. The molecule has 0 saturated carbocycles. The van der Waals surface area contributed by atoms with Crippen molar-refractivity contribution in [2.75, 3.05) is 13.2 Å². The first-order valence-electron chi connectivity index (χ1n) is 11.0. The zero-order chi connectivity index (χ0) is 24.1. The van der Waals surface area contributed by atoms with Gasteiger partial charge in [-0.1, -0.05) is 49.5 Å². The molecule has 0 amide bonds. The van der Waals surface area contributed by atoms with E-state index >= 15 is 0 Å². The zero-order valence-electron chi connectivity index (χ0n) is 19.9. The summed E-state index contributed by atoms with van der Waals surface area (Å²) in [5.74, 6) is 0.609. The summed E-state index contributed by atoms with van der Waals surface area (Å²) < 4.78 is 37.6. The number of nitrogens with zero attached hydrogens (tertiary/aromatic N) is 4. The largest absolute Gasteiger partial charge is 0.359 e. The van der Waals surface area contributed by atoms with E-state index in [1.54, 1.807) is 28.9 Å². The van der Waals surface area contributed by atoms with Crippen molar-refractivity contribution in [2.24, 2.45) is 0 Å². The number of aromatic nitrogens is 4. The van der Waals surface area contributed by atoms with Crippen LogP contribution in [-0.2, 0) is 32.2 Å². The highest BCUT2D eigenvalue weighted by molar-refractivity contribution is 7.86. The van der Waals surface area contributed by atoms with E-state index in [2.05, 4.69) is 35.2 Å². The van der Waals surface area contributed by atoms with Gasteiger partial charge in [0.25, 0.3) is 10.1 Å². The molecule has 0 saturated heterocycles. The van der Waals surface area contributed by atoms with Gasteiger partial charge < -0.3 is 4.74 Å². The third-order valence-corrected chi connectivity index (χ3v) is 8.30. The lowest BCUT2D eigenvalue weighted by atomic mass is 10.0. The van der Waals surface area contributed by atoms with Crippen LogP contribution in [0, 0.1) is 13.8 Å². The molecule has 178 valence electrons. The van der Waals surface area contributed by atoms with Crippen molar-refractivity contribution < 1.29 is 17.3 Å². The average molecular weight is 489 g/mol. The van der Waals surface area contributed by atoms with Crippen LogP contribution in [0.15, 0.2) is 47.4 Å². The maximum absolute atomic E-state index is 12.4. The Balaban J connectivity index is 1.64. The highest BCUT2D eigenvalue weighted by atomic mass is 32.2. The summed E-state index contributed by atoms with van der Waals surface area (Å²) in [6.45, 7) is 11.8. The van der Waals surface area contributed by atoms with Crippen LogP contribution in [0.5, 0.6) is 0 Å². The van der Waals surface area contributed by atoms with Crippen LogP contribution >= 0.6 is 0 Å². The Hall–Kier alpha value is -2.40. The minimum Gasteiger partial charge on any atom is -0.359 e. The van der Waals surface area contributed by atoms with Crippen molar-refractivity contribution in [3.05, 3.63) is 59.2 Å². The SMILES string of the molecule is Cc1ccc(S(=O)(=O)OCCc2cc(-c3nnnn3COCC[Si](C)(C)C)ccc2C)cc1. The maximum Gasteiger partial charge on any atom is 0.296 e. The Morgan fingerprint density at radius 1 is 1.00 bits per heavy atom. The first kappa shape index (κ1) is 25.2. The molecule has 0 aliphatic heterocycles. The third kappa shape index (κ3) is 7.29. The standard InChI is InChI=1S/C23H32N4O4SSi/c1-18-6-10-22(11-7-18)32(28,29)31-13-12-20-16-21(9-8-19(20)2)23-24-25-26-27(23)17-30-14-15-33(3,4)5/h6-11,16H,12-15,17H2,1-5H3. The van der Waals surface area contributed by atoms with Gasteiger partial charge >= 0.3 is 0 Å². The van der Waals surface area contributed by atoms with E-state index in [9.17, 15) is 8.42 Å². The normalized spacial score (nSPS) is 12.3. The number of tetrazole rings is 1. The second-order valence-electron chi connectivity index (χ2n) is 9.33. The molecule has 0 bridgehead atoms. The summed E-state index contributed by atoms with van der Waals surface area (Å²) in [5, 5.41) is 12.0. The fourth-order valence-corrected chi connectivity index (χ4v) is 4.81. The summed E-state index contributed by atoms with van der Waals surface area (Å²) in [4.78, 5) is 0.159. The molecule has 0 radical (unpaired) electrons. The van der Waals surface area contributed by atoms with Crippen LogP contribution in [-0.4, -0.2) is 49.9 Å². The van der Waals surface area contributed by atoms with Crippen LogP contribution in [0.4, 0.5) is 0 Å². The fourth-order valence-electron chi connectivity index (χ4n) is 3.14. The van der Waals surface area contributed by atoms with Crippen molar-refractivity contribution >= 4 is 18.2 Å². The molecule has 0 aliphatic rings. The lowest BCUT2D eigenvalue weighted by Crippen LogP contribution is -2.22. The van der Waals surface area contributed by atoms with Crippen LogP contribution < -0.4 is 0 Å². The average Bonchev–Trinajstić information content (AvgIpc) is 3.21. The number of hydrogen-bond donors (Lipinski definition) is 0. The van der Waals surface area contributed by atoms with Crippen LogP contribution in [0.2, 0.25) is 25.7 Å². The van der Waals surface area contributed by atoms with Gasteiger partial charge in [0.2, 0.25) is 0 Å². The van der Waals surface area contributed by atoms with E-state index in [1.165, 1.54) is 0 Å². The summed E-state index contributed by atoms with van der Waals surface area (Å²) in [7, 11) is -4.96. The van der Waals surface area contributed by atoms with Gasteiger partial charge in [0.05, 0.1) is 11.5 Å². The predicted molar refractivity (Wildman–Crippen MR) is 130 cm³/mol. The van der Waals surface area contributed by atoms with Gasteiger partial charge in [-0.05, 0) is 66.1 Å². The molecule has 33 heavy (non-hydrogen) atoms. The number of benzene rings is 2. The molecule has 3 aromatic rings. The number of hydrogen-bond acceptors (Lipinski definition) is 7. The molecule has 2 aromatic carbocycles. The van der Waals surface area contributed by atoms with Crippen LogP contribution in [0.25, 0.3) is 11.4 Å². The maximum atomic E-state index is 12.4. The molecular weight excluding hydrogens is 456 g/mol. The highest BCUT2D eigenvalue weighted by Crippen LogP contribution is 2.22. The molecule has 10 heteroatoms. The van der Waals surface area contributed by atoms with E-state index < -0.39 is 18.2 Å². The summed E-state index contributed by atoms with van der Waals surface area (Å²) in [5.41, 5.74) is 3.85. The lowest BCUT2D eigenvalue weighted by Gasteiger charge is -2.15. The van der Waals surface area contributed by atoms with Gasteiger partial charge in [0.15, 0.2) is 5.82 Å². The molecule has 0 atom stereocenters. The molecule has 3 rings (SSSR count). The molecular formula is C23H32N4O4SSi. The van der Waals surface area contributed by atoms with Crippen molar-refractivity contribution in [3.8, 4) is 11.4 Å². The monoisotopic (exact) mass is 488 g/mol. The number of aryl methyl sites for hydroxylation is 2. The Labute approximate surface area is 197 Å². The summed E-state index contributed by atoms with van der Waals surface area (Å²) in [6, 6.07) is 13.6. The van der Waals surface area contributed by atoms with E-state index in [4.69, 9.17) is 8.92 Å². The minimum absolute atomic E-state index is 0.0469. The first-order valence-corrected chi connectivity index (χ1v) is 16.1. The quantitative estimate of drug-likeness (QED) is 0.226. The number of ether oxygens (including phenoxy) is 1. The third-order valence-electron chi connectivity index (χ3n) is 5.27. The summed E-state index contributed by atoms with van der Waals surface area (Å²) in [6.07, 6.45) is 0.443. The Kier molecular flexibility index (Phi) is 8.17. The molecule has 1 aromatic heterocycles. The van der Waals surface area contributed by atoms with Crippen molar-refractivity contribution in [1.29, 1.82) is 0 Å². The Morgan fingerprint density at radius 3 is 2.42 bits per heavy atom. The van der Waals surface area contributed by atoms with E-state index in [0.717, 1.165) is 28.3 Å². The van der Waals surface area contributed by atoms with Gasteiger partial charge in [-0.2, -0.15) is 13.1 Å². The van der Waals surface area contributed by atoms with Crippen molar-refractivity contribution in [1.82, 2.24) is 20.2 Å².